The van der Waals surface area contributed by atoms with Crippen molar-refractivity contribution in [2.45, 2.75) is 6.92 Å². The first-order chi connectivity index (χ1) is 6.63. The first kappa shape index (κ1) is 10.3. The van der Waals surface area contributed by atoms with Crippen LogP contribution in [-0.2, 0) is 4.79 Å². The molecule has 14 heavy (non-hydrogen) atoms. The summed E-state index contributed by atoms with van der Waals surface area (Å²) in [5.41, 5.74) is 5.44. The minimum absolute atomic E-state index is 0.0868. The summed E-state index contributed by atoms with van der Waals surface area (Å²) in [6, 6.07) is 4.80. The Morgan fingerprint density at radius 1 is 1.50 bits per heavy atom. The molecule has 0 aliphatic carbocycles. The molecule has 0 saturated heterocycles. The Hall–Kier alpha value is -1.75. The maximum Gasteiger partial charge on any atom is 0.222 e. The smallest absolute Gasteiger partial charge is 0.222 e. The number of nitrogens with one attached hydrogen (secondary N) is 1. The van der Waals surface area contributed by atoms with E-state index in [0.29, 0.717) is 5.82 Å². The first-order valence-corrected chi connectivity index (χ1v) is 4.11. The summed E-state index contributed by atoms with van der Waals surface area (Å²) in [5, 5.41) is 2.48. The zero-order chi connectivity index (χ0) is 10.6. The van der Waals surface area contributed by atoms with Crippen molar-refractivity contribution in [2.75, 3.05) is 11.9 Å². The van der Waals surface area contributed by atoms with E-state index in [1.54, 1.807) is 18.2 Å². The maximum absolute atomic E-state index is 11.2. The number of Topliss-reactive ketones (excluding diaryl/α,β-unsaturated/α-hetero) is 1. The van der Waals surface area contributed by atoms with Crippen LogP contribution in [0.5, 0.6) is 0 Å². The molecule has 0 radical (unpaired) electrons. The van der Waals surface area contributed by atoms with E-state index < -0.39 is 0 Å². The van der Waals surface area contributed by atoms with Crippen LogP contribution in [-0.4, -0.2) is 23.2 Å². The number of ketones is 1. The zero-order valence-corrected chi connectivity index (χ0v) is 7.78. The molecule has 3 N–H and O–H groups in total. The summed E-state index contributed by atoms with van der Waals surface area (Å²) in [4.78, 5) is 25.8. The molecule has 0 fully saturated rings. The van der Waals surface area contributed by atoms with Gasteiger partial charge in [0.05, 0.1) is 6.54 Å². The highest BCUT2D eigenvalue weighted by molar-refractivity contribution is 5.96. The van der Waals surface area contributed by atoms with Crippen molar-refractivity contribution in [2.24, 2.45) is 5.73 Å². The zero-order valence-electron chi connectivity index (χ0n) is 7.78. The van der Waals surface area contributed by atoms with Crippen molar-refractivity contribution < 1.29 is 9.59 Å². The van der Waals surface area contributed by atoms with Gasteiger partial charge in [0.2, 0.25) is 5.91 Å². The van der Waals surface area contributed by atoms with Gasteiger partial charge in [0, 0.05) is 6.92 Å². The molecule has 1 aromatic heterocycles. The number of nitrogens with two attached hydrogens (primary N) is 1. The van der Waals surface area contributed by atoms with Gasteiger partial charge in [0.1, 0.15) is 11.5 Å². The third-order valence-corrected chi connectivity index (χ3v) is 1.52. The van der Waals surface area contributed by atoms with E-state index in [0.717, 1.165) is 0 Å². The van der Waals surface area contributed by atoms with Gasteiger partial charge in [-0.15, -0.1) is 0 Å². The van der Waals surface area contributed by atoms with E-state index >= 15 is 0 Å². The normalized spacial score (nSPS) is 9.57. The Bertz CT molecular complexity index is 363. The van der Waals surface area contributed by atoms with Gasteiger partial charge in [-0.25, -0.2) is 4.98 Å². The molecule has 0 aliphatic heterocycles. The summed E-state index contributed by atoms with van der Waals surface area (Å²) in [6.07, 6.45) is 0. The van der Waals surface area contributed by atoms with E-state index in [4.69, 9.17) is 5.73 Å². The minimum atomic E-state index is -0.253. The van der Waals surface area contributed by atoms with Crippen molar-refractivity contribution in [1.82, 2.24) is 4.98 Å². The third kappa shape index (κ3) is 2.63. The fraction of sp³-hybridized carbons (Fsp3) is 0.222. The lowest BCUT2D eigenvalue weighted by Crippen LogP contribution is -2.16. The van der Waals surface area contributed by atoms with Gasteiger partial charge in [-0.05, 0) is 12.1 Å². The molecule has 0 aromatic carbocycles. The SMILES string of the molecule is CC(=O)Nc1cccc(C(=O)CN)n1. The number of carbonyl (C=O) groups excluding carboxylic acids is 2. The number of hydrogen-bond donors (Lipinski definition) is 2. The minimum Gasteiger partial charge on any atom is -0.324 e. The van der Waals surface area contributed by atoms with Crippen LogP contribution < -0.4 is 11.1 Å². The molecule has 1 amide bonds. The van der Waals surface area contributed by atoms with E-state index in [-0.39, 0.29) is 23.9 Å². The van der Waals surface area contributed by atoms with Crippen molar-refractivity contribution in [3.63, 3.8) is 0 Å². The summed E-state index contributed by atoms with van der Waals surface area (Å²) < 4.78 is 0. The Morgan fingerprint density at radius 3 is 2.79 bits per heavy atom. The Morgan fingerprint density at radius 2 is 2.21 bits per heavy atom. The third-order valence-electron chi connectivity index (χ3n) is 1.52. The van der Waals surface area contributed by atoms with Crippen LogP contribution >= 0.6 is 0 Å². The van der Waals surface area contributed by atoms with Crippen molar-refractivity contribution in [1.29, 1.82) is 0 Å². The van der Waals surface area contributed by atoms with Crippen LogP contribution in [0.3, 0.4) is 0 Å². The van der Waals surface area contributed by atoms with E-state index in [1.807, 2.05) is 0 Å². The van der Waals surface area contributed by atoms with Crippen molar-refractivity contribution in [3.05, 3.63) is 23.9 Å². The highest BCUT2D eigenvalue weighted by atomic mass is 16.1. The van der Waals surface area contributed by atoms with Crippen LogP contribution in [0.25, 0.3) is 0 Å². The molecule has 0 atom stereocenters. The molecule has 1 aromatic rings. The molecule has 5 nitrogen and oxygen atoms in total. The van der Waals surface area contributed by atoms with E-state index in [2.05, 4.69) is 10.3 Å². The highest BCUT2D eigenvalue weighted by Gasteiger charge is 2.05. The summed E-state index contributed by atoms with van der Waals surface area (Å²) in [7, 11) is 0. The Balaban J connectivity index is 2.89. The van der Waals surface area contributed by atoms with Crippen LogP contribution in [0.2, 0.25) is 0 Å². The lowest BCUT2D eigenvalue weighted by atomic mass is 10.2. The Labute approximate surface area is 81.3 Å². The van der Waals surface area contributed by atoms with Gasteiger partial charge >= 0.3 is 0 Å². The second-order valence-electron chi connectivity index (χ2n) is 2.72. The van der Waals surface area contributed by atoms with Crippen LogP contribution in [0.4, 0.5) is 5.82 Å². The van der Waals surface area contributed by atoms with Gasteiger partial charge in [-0.2, -0.15) is 0 Å². The molecule has 5 heteroatoms. The number of aromatic nitrogens is 1. The first-order valence-electron chi connectivity index (χ1n) is 4.11. The van der Waals surface area contributed by atoms with Crippen molar-refractivity contribution in [3.8, 4) is 0 Å². The number of nitrogens with zero attached hydrogens (tertiary/aromatic N) is 1. The maximum atomic E-state index is 11.2. The monoisotopic (exact) mass is 193 g/mol. The topological polar surface area (TPSA) is 85.1 Å². The number of pyridine rings is 1. The van der Waals surface area contributed by atoms with Crippen LogP contribution in [0, 0.1) is 0 Å². The van der Waals surface area contributed by atoms with Gasteiger partial charge < -0.3 is 11.1 Å². The summed E-state index contributed by atoms with van der Waals surface area (Å²) in [6.45, 7) is 1.29. The predicted molar refractivity (Wildman–Crippen MR) is 51.9 cm³/mol. The van der Waals surface area contributed by atoms with Gasteiger partial charge in [-0.1, -0.05) is 6.07 Å². The second-order valence-corrected chi connectivity index (χ2v) is 2.72. The fourth-order valence-corrected chi connectivity index (χ4v) is 0.945. The van der Waals surface area contributed by atoms with E-state index in [1.165, 1.54) is 6.92 Å². The molecular formula is C9H11N3O2. The average molecular weight is 193 g/mol. The Kier molecular flexibility index (Phi) is 3.30. The molecule has 0 unspecified atom stereocenters. The average Bonchev–Trinajstić information content (AvgIpc) is 2.16. The molecule has 0 bridgehead atoms. The van der Waals surface area contributed by atoms with Gasteiger partial charge in [0.25, 0.3) is 0 Å². The van der Waals surface area contributed by atoms with Gasteiger partial charge in [0.15, 0.2) is 5.78 Å². The molecule has 0 saturated carbocycles. The standard InChI is InChI=1S/C9H11N3O2/c1-6(13)11-9-4-2-3-7(12-9)8(14)5-10/h2-4H,5,10H2,1H3,(H,11,12,13). The molecule has 0 spiro atoms. The molecular weight excluding hydrogens is 182 g/mol. The quantitative estimate of drug-likeness (QED) is 0.670. The fourth-order valence-electron chi connectivity index (χ4n) is 0.945. The molecule has 0 aliphatic rings. The number of anilines is 1. The number of carbonyl (C=O) groups is 2. The van der Waals surface area contributed by atoms with Gasteiger partial charge in [-0.3, -0.25) is 9.59 Å². The number of hydrogen-bond acceptors (Lipinski definition) is 4. The summed E-state index contributed by atoms with van der Waals surface area (Å²) in [5.74, 6) is -0.121. The number of amides is 1. The molecule has 1 heterocycles. The highest BCUT2D eigenvalue weighted by Crippen LogP contribution is 2.04. The van der Waals surface area contributed by atoms with Crippen molar-refractivity contribution >= 4 is 17.5 Å². The lowest BCUT2D eigenvalue weighted by Gasteiger charge is -2.02. The molecule has 1 rings (SSSR count). The lowest BCUT2D eigenvalue weighted by molar-refractivity contribution is -0.114. The second kappa shape index (κ2) is 4.48. The predicted octanol–water partition coefficient (Wildman–Crippen LogP) is 0.181. The largest absolute Gasteiger partial charge is 0.324 e. The van der Waals surface area contributed by atoms with Crippen LogP contribution in [0.1, 0.15) is 17.4 Å². The number of rotatable bonds is 3. The van der Waals surface area contributed by atoms with E-state index in [9.17, 15) is 9.59 Å². The van der Waals surface area contributed by atoms with Crippen LogP contribution in [0.15, 0.2) is 18.2 Å². The molecule has 74 valence electrons. The summed E-state index contributed by atoms with van der Waals surface area (Å²) >= 11 is 0.